The summed E-state index contributed by atoms with van der Waals surface area (Å²) in [5.74, 6) is -1.06. The number of carbonyl (C=O) groups excluding carboxylic acids is 3. The fraction of sp³-hybridized carbons (Fsp3) is 0.526. The van der Waals surface area contributed by atoms with Crippen molar-refractivity contribution in [3.8, 4) is 0 Å². The monoisotopic (exact) mass is 410 g/mol. The number of aliphatic hydroxyl groups is 1. The molecule has 8 nitrogen and oxygen atoms in total. The van der Waals surface area contributed by atoms with Gasteiger partial charge in [0.25, 0.3) is 5.91 Å². The van der Waals surface area contributed by atoms with E-state index in [-0.39, 0.29) is 12.5 Å². The van der Waals surface area contributed by atoms with E-state index in [1.807, 2.05) is 6.07 Å². The minimum absolute atomic E-state index is 0.290. The molecule has 0 aliphatic heterocycles. The number of hydrogen-bond acceptors (Lipinski definition) is 5. The van der Waals surface area contributed by atoms with Crippen LogP contribution in [0.3, 0.4) is 0 Å². The third kappa shape index (κ3) is 6.47. The molecule has 3 amide bonds. The SMILES string of the molecule is CN(C)C(=O)[C@@H](NC(=O)CNC(=O)C(O)C(CC1CC1)NCl)c1ccccc1. The van der Waals surface area contributed by atoms with Gasteiger partial charge in [0, 0.05) is 14.1 Å². The maximum atomic E-state index is 12.4. The van der Waals surface area contributed by atoms with Gasteiger partial charge in [-0.1, -0.05) is 43.2 Å². The Morgan fingerprint density at radius 2 is 1.86 bits per heavy atom. The summed E-state index contributed by atoms with van der Waals surface area (Å²) in [6.45, 7) is -0.363. The van der Waals surface area contributed by atoms with Gasteiger partial charge in [-0.25, -0.2) is 4.84 Å². The van der Waals surface area contributed by atoms with Crippen molar-refractivity contribution in [2.75, 3.05) is 20.6 Å². The maximum Gasteiger partial charge on any atom is 0.250 e. The Balaban J connectivity index is 1.91. The Morgan fingerprint density at radius 3 is 2.39 bits per heavy atom. The van der Waals surface area contributed by atoms with Crippen LogP contribution in [0.4, 0.5) is 0 Å². The van der Waals surface area contributed by atoms with Crippen LogP contribution < -0.4 is 15.5 Å². The number of hydrogen-bond donors (Lipinski definition) is 4. The Bertz CT molecular complexity index is 682. The Morgan fingerprint density at radius 1 is 1.21 bits per heavy atom. The minimum atomic E-state index is -1.36. The topological polar surface area (TPSA) is 111 Å². The molecule has 28 heavy (non-hydrogen) atoms. The third-order valence-electron chi connectivity index (χ3n) is 4.62. The average molecular weight is 411 g/mol. The molecule has 1 fully saturated rings. The van der Waals surface area contributed by atoms with Gasteiger partial charge in [0.05, 0.1) is 12.6 Å². The lowest BCUT2D eigenvalue weighted by molar-refractivity contribution is -0.135. The first kappa shape index (κ1) is 22.1. The third-order valence-corrected chi connectivity index (χ3v) is 4.90. The predicted molar refractivity (Wildman–Crippen MR) is 105 cm³/mol. The number of amides is 3. The Kier molecular flexibility index (Phi) is 8.22. The summed E-state index contributed by atoms with van der Waals surface area (Å²) >= 11 is 5.63. The Hall–Kier alpha value is -2.16. The summed E-state index contributed by atoms with van der Waals surface area (Å²) in [5.41, 5.74) is 0.636. The first-order valence-corrected chi connectivity index (χ1v) is 9.58. The van der Waals surface area contributed by atoms with E-state index in [1.54, 1.807) is 38.4 Å². The second kappa shape index (κ2) is 10.4. The fourth-order valence-electron chi connectivity index (χ4n) is 2.80. The lowest BCUT2D eigenvalue weighted by atomic mass is 10.0. The van der Waals surface area contributed by atoms with Gasteiger partial charge in [-0.3, -0.25) is 14.4 Å². The van der Waals surface area contributed by atoms with Gasteiger partial charge < -0.3 is 20.6 Å². The van der Waals surface area contributed by atoms with Crippen molar-refractivity contribution in [1.29, 1.82) is 0 Å². The number of halogens is 1. The average Bonchev–Trinajstić information content (AvgIpc) is 3.52. The lowest BCUT2D eigenvalue weighted by Gasteiger charge is -2.23. The van der Waals surface area contributed by atoms with Crippen molar-refractivity contribution in [2.45, 2.75) is 37.5 Å². The number of nitrogens with zero attached hydrogens (tertiary/aromatic N) is 1. The molecule has 0 bridgehead atoms. The summed E-state index contributed by atoms with van der Waals surface area (Å²) in [7, 11) is 3.20. The van der Waals surface area contributed by atoms with Crippen LogP contribution in [0.5, 0.6) is 0 Å². The van der Waals surface area contributed by atoms with Gasteiger partial charge in [0.15, 0.2) is 0 Å². The zero-order valence-corrected chi connectivity index (χ0v) is 16.8. The van der Waals surface area contributed by atoms with Gasteiger partial charge in [-0.05, 0) is 29.7 Å². The van der Waals surface area contributed by atoms with Crippen molar-refractivity contribution < 1.29 is 19.5 Å². The van der Waals surface area contributed by atoms with Crippen LogP contribution in [0.2, 0.25) is 0 Å². The van der Waals surface area contributed by atoms with Gasteiger partial charge in [0.1, 0.15) is 12.1 Å². The highest BCUT2D eigenvalue weighted by Gasteiger charge is 2.32. The van der Waals surface area contributed by atoms with E-state index in [4.69, 9.17) is 11.8 Å². The zero-order chi connectivity index (χ0) is 20.7. The summed E-state index contributed by atoms with van der Waals surface area (Å²) in [5, 5.41) is 15.2. The summed E-state index contributed by atoms with van der Waals surface area (Å²) in [4.78, 5) is 40.7. The maximum absolute atomic E-state index is 12.4. The van der Waals surface area contributed by atoms with Gasteiger partial charge in [-0.2, -0.15) is 0 Å². The van der Waals surface area contributed by atoms with Crippen molar-refractivity contribution in [3.05, 3.63) is 35.9 Å². The molecule has 1 aromatic rings. The molecule has 0 aromatic heterocycles. The van der Waals surface area contributed by atoms with Crippen molar-refractivity contribution >= 4 is 29.5 Å². The fourth-order valence-corrected chi connectivity index (χ4v) is 3.01. The van der Waals surface area contributed by atoms with Crippen LogP contribution in [-0.4, -0.2) is 60.5 Å². The zero-order valence-electron chi connectivity index (χ0n) is 16.0. The second-order valence-corrected chi connectivity index (χ2v) is 7.42. The molecule has 1 aliphatic rings. The van der Waals surface area contributed by atoms with Crippen LogP contribution in [0.1, 0.15) is 30.9 Å². The van der Waals surface area contributed by atoms with Gasteiger partial charge in [0.2, 0.25) is 11.8 Å². The summed E-state index contributed by atoms with van der Waals surface area (Å²) in [6, 6.07) is 7.39. The van der Waals surface area contributed by atoms with Gasteiger partial charge in [-0.15, -0.1) is 0 Å². The molecule has 2 rings (SSSR count). The number of rotatable bonds is 10. The Labute approximate surface area is 169 Å². The number of aliphatic hydroxyl groups excluding tert-OH is 1. The predicted octanol–water partition coefficient (Wildman–Crippen LogP) is 0.321. The molecular formula is C19H27ClN4O4. The quantitative estimate of drug-likeness (QED) is 0.415. The van der Waals surface area contributed by atoms with Crippen LogP contribution in [-0.2, 0) is 14.4 Å². The molecule has 2 unspecified atom stereocenters. The molecule has 0 radical (unpaired) electrons. The van der Waals surface area contributed by atoms with Gasteiger partial charge >= 0.3 is 0 Å². The van der Waals surface area contributed by atoms with E-state index in [1.165, 1.54) is 4.90 Å². The molecule has 3 atom stereocenters. The molecule has 1 aromatic carbocycles. The van der Waals surface area contributed by atoms with E-state index in [2.05, 4.69) is 15.5 Å². The first-order valence-electron chi connectivity index (χ1n) is 9.21. The van der Waals surface area contributed by atoms with Crippen molar-refractivity contribution in [2.24, 2.45) is 5.92 Å². The molecule has 9 heteroatoms. The largest absolute Gasteiger partial charge is 0.382 e. The first-order chi connectivity index (χ1) is 13.3. The smallest absolute Gasteiger partial charge is 0.250 e. The minimum Gasteiger partial charge on any atom is -0.382 e. The number of benzene rings is 1. The molecule has 0 spiro atoms. The number of likely N-dealkylation sites (N-methyl/N-ethyl adjacent to an activating group) is 1. The lowest BCUT2D eigenvalue weighted by Crippen LogP contribution is -2.50. The summed E-state index contributed by atoms with van der Waals surface area (Å²) in [6.07, 6.45) is 1.36. The molecular weight excluding hydrogens is 384 g/mol. The van der Waals surface area contributed by atoms with Crippen molar-refractivity contribution in [1.82, 2.24) is 20.4 Å². The summed E-state index contributed by atoms with van der Waals surface area (Å²) < 4.78 is 0. The van der Waals surface area contributed by atoms with E-state index < -0.39 is 30.0 Å². The molecule has 4 N–H and O–H groups in total. The molecule has 0 saturated heterocycles. The van der Waals surface area contributed by atoms with Crippen LogP contribution in [0.15, 0.2) is 30.3 Å². The normalized spacial score (nSPS) is 16.6. The van der Waals surface area contributed by atoms with E-state index in [9.17, 15) is 19.5 Å². The molecule has 1 saturated carbocycles. The number of nitrogens with one attached hydrogen (secondary N) is 3. The van der Waals surface area contributed by atoms with Crippen LogP contribution in [0, 0.1) is 5.92 Å². The van der Waals surface area contributed by atoms with E-state index in [0.29, 0.717) is 17.9 Å². The van der Waals surface area contributed by atoms with E-state index in [0.717, 1.165) is 12.8 Å². The number of carbonyl (C=O) groups is 3. The highest BCUT2D eigenvalue weighted by molar-refractivity contribution is 6.13. The molecule has 0 heterocycles. The highest BCUT2D eigenvalue weighted by atomic mass is 35.5. The van der Waals surface area contributed by atoms with E-state index >= 15 is 0 Å². The van der Waals surface area contributed by atoms with Crippen LogP contribution >= 0.6 is 11.8 Å². The standard InChI is InChI=1S/C19H27ClN4O4/c1-24(2)19(28)16(13-6-4-3-5-7-13)22-15(25)11-21-18(27)17(26)14(23-20)10-12-8-9-12/h3-7,12,14,16-17,23,26H,8-11H2,1-2H3,(H,21,27)(H,22,25)/t14?,16-,17?/m0/s1. The van der Waals surface area contributed by atoms with Crippen molar-refractivity contribution in [3.63, 3.8) is 0 Å². The highest BCUT2D eigenvalue weighted by Crippen LogP contribution is 2.34. The molecule has 154 valence electrons. The molecule has 1 aliphatic carbocycles. The second-order valence-electron chi connectivity index (χ2n) is 7.20. The van der Waals surface area contributed by atoms with Crippen LogP contribution in [0.25, 0.3) is 0 Å².